The van der Waals surface area contributed by atoms with Crippen molar-refractivity contribution in [3.8, 4) is 0 Å². The fourth-order valence-corrected chi connectivity index (χ4v) is 1.18. The standard InChI is InChI=1S/C9H14FN3O2/c1-15-5-7(2-3-14)13-9-4-8(10)11-6-12-9/h4,6-7,14H,2-3,5H2,1H3,(H,11,12,13). The van der Waals surface area contributed by atoms with E-state index in [4.69, 9.17) is 9.84 Å². The van der Waals surface area contributed by atoms with Crippen LogP contribution in [0.1, 0.15) is 6.42 Å². The van der Waals surface area contributed by atoms with Crippen LogP contribution in [0.3, 0.4) is 0 Å². The fourth-order valence-electron chi connectivity index (χ4n) is 1.18. The van der Waals surface area contributed by atoms with Crippen molar-refractivity contribution in [2.75, 3.05) is 25.6 Å². The van der Waals surface area contributed by atoms with Crippen molar-refractivity contribution >= 4 is 5.82 Å². The molecule has 2 N–H and O–H groups in total. The predicted octanol–water partition coefficient (Wildman–Crippen LogP) is 0.425. The van der Waals surface area contributed by atoms with Crippen molar-refractivity contribution in [1.29, 1.82) is 0 Å². The summed E-state index contributed by atoms with van der Waals surface area (Å²) >= 11 is 0. The van der Waals surface area contributed by atoms with E-state index in [1.54, 1.807) is 7.11 Å². The molecule has 1 aromatic heterocycles. The molecule has 0 saturated carbocycles. The highest BCUT2D eigenvalue weighted by molar-refractivity contribution is 5.33. The molecule has 0 aliphatic rings. The number of aliphatic hydroxyl groups is 1. The molecule has 0 bridgehead atoms. The SMILES string of the molecule is COCC(CCO)Nc1cc(F)ncn1. The molecule has 0 saturated heterocycles. The van der Waals surface area contributed by atoms with E-state index >= 15 is 0 Å². The molecule has 0 spiro atoms. The third-order valence-corrected chi connectivity index (χ3v) is 1.83. The third kappa shape index (κ3) is 4.18. The van der Waals surface area contributed by atoms with Gasteiger partial charge in [-0.2, -0.15) is 4.39 Å². The maximum absolute atomic E-state index is 12.7. The Morgan fingerprint density at radius 3 is 3.00 bits per heavy atom. The van der Waals surface area contributed by atoms with Gasteiger partial charge in [0.05, 0.1) is 12.6 Å². The molecule has 1 atom stereocenters. The maximum Gasteiger partial charge on any atom is 0.217 e. The number of hydrogen-bond donors (Lipinski definition) is 2. The lowest BCUT2D eigenvalue weighted by molar-refractivity contribution is 0.170. The zero-order valence-corrected chi connectivity index (χ0v) is 8.48. The third-order valence-electron chi connectivity index (χ3n) is 1.83. The Bertz CT molecular complexity index is 292. The first kappa shape index (κ1) is 11.8. The van der Waals surface area contributed by atoms with Gasteiger partial charge in [-0.25, -0.2) is 9.97 Å². The van der Waals surface area contributed by atoms with Crippen molar-refractivity contribution < 1.29 is 14.2 Å². The quantitative estimate of drug-likeness (QED) is 0.673. The van der Waals surface area contributed by atoms with Gasteiger partial charge in [0.2, 0.25) is 5.95 Å². The van der Waals surface area contributed by atoms with Gasteiger partial charge in [-0.15, -0.1) is 0 Å². The van der Waals surface area contributed by atoms with E-state index in [1.165, 1.54) is 6.07 Å². The Labute approximate surface area is 87.3 Å². The second-order valence-corrected chi connectivity index (χ2v) is 3.03. The number of nitrogens with zero attached hydrogens (tertiary/aromatic N) is 2. The van der Waals surface area contributed by atoms with Crippen LogP contribution < -0.4 is 5.32 Å². The zero-order valence-electron chi connectivity index (χ0n) is 8.48. The summed E-state index contributed by atoms with van der Waals surface area (Å²) in [6.45, 7) is 0.459. The van der Waals surface area contributed by atoms with Gasteiger partial charge in [0.25, 0.3) is 0 Å². The van der Waals surface area contributed by atoms with Crippen LogP contribution in [0.25, 0.3) is 0 Å². The summed E-state index contributed by atoms with van der Waals surface area (Å²) in [7, 11) is 1.56. The van der Waals surface area contributed by atoms with Crippen LogP contribution in [0, 0.1) is 5.95 Å². The van der Waals surface area contributed by atoms with Crippen molar-refractivity contribution in [3.05, 3.63) is 18.3 Å². The zero-order chi connectivity index (χ0) is 11.1. The molecule has 0 amide bonds. The lowest BCUT2D eigenvalue weighted by Crippen LogP contribution is -2.26. The average Bonchev–Trinajstić information content (AvgIpc) is 2.18. The second-order valence-electron chi connectivity index (χ2n) is 3.03. The number of methoxy groups -OCH3 is 1. The Morgan fingerprint density at radius 1 is 1.60 bits per heavy atom. The Kier molecular flexibility index (Phi) is 4.92. The van der Waals surface area contributed by atoms with Crippen LogP contribution in [0.5, 0.6) is 0 Å². The summed E-state index contributed by atoms with van der Waals surface area (Å²) in [5.74, 6) is -0.203. The van der Waals surface area contributed by atoms with E-state index in [0.717, 1.165) is 6.33 Å². The van der Waals surface area contributed by atoms with Crippen LogP contribution in [-0.4, -0.2) is 41.4 Å². The minimum Gasteiger partial charge on any atom is -0.396 e. The number of nitrogens with one attached hydrogen (secondary N) is 1. The number of rotatable bonds is 6. The highest BCUT2D eigenvalue weighted by Crippen LogP contribution is 2.06. The van der Waals surface area contributed by atoms with Crippen LogP contribution in [0.4, 0.5) is 10.2 Å². The summed E-state index contributed by atoms with van der Waals surface area (Å²) in [4.78, 5) is 7.19. The molecule has 0 fully saturated rings. The summed E-state index contributed by atoms with van der Waals surface area (Å²) in [5, 5.41) is 11.7. The summed E-state index contributed by atoms with van der Waals surface area (Å²) < 4.78 is 17.7. The number of halogens is 1. The van der Waals surface area contributed by atoms with Gasteiger partial charge in [0, 0.05) is 19.8 Å². The molecule has 15 heavy (non-hydrogen) atoms. The largest absolute Gasteiger partial charge is 0.396 e. The molecule has 1 rings (SSSR count). The van der Waals surface area contributed by atoms with Crippen LogP contribution in [0.2, 0.25) is 0 Å². The van der Waals surface area contributed by atoms with E-state index in [0.29, 0.717) is 18.8 Å². The monoisotopic (exact) mass is 215 g/mol. The van der Waals surface area contributed by atoms with E-state index in [1.807, 2.05) is 0 Å². The average molecular weight is 215 g/mol. The molecule has 0 aliphatic heterocycles. The van der Waals surface area contributed by atoms with Gasteiger partial charge >= 0.3 is 0 Å². The van der Waals surface area contributed by atoms with Crippen molar-refractivity contribution in [2.24, 2.45) is 0 Å². The molecule has 84 valence electrons. The van der Waals surface area contributed by atoms with Gasteiger partial charge in [0.15, 0.2) is 0 Å². The lowest BCUT2D eigenvalue weighted by Gasteiger charge is -2.16. The molecular weight excluding hydrogens is 201 g/mol. The molecule has 5 nitrogen and oxygen atoms in total. The van der Waals surface area contributed by atoms with E-state index < -0.39 is 5.95 Å². The Balaban J connectivity index is 2.56. The first-order valence-electron chi connectivity index (χ1n) is 4.60. The van der Waals surface area contributed by atoms with Crippen molar-refractivity contribution in [2.45, 2.75) is 12.5 Å². The van der Waals surface area contributed by atoms with E-state index in [9.17, 15) is 4.39 Å². The number of hydrogen-bond acceptors (Lipinski definition) is 5. The summed E-state index contributed by atoms with van der Waals surface area (Å²) in [6, 6.07) is 1.11. The summed E-state index contributed by atoms with van der Waals surface area (Å²) in [5.41, 5.74) is 0. The van der Waals surface area contributed by atoms with Gasteiger partial charge in [-0.05, 0) is 6.42 Å². The highest BCUT2D eigenvalue weighted by atomic mass is 19.1. The Hall–Kier alpha value is -1.27. The number of anilines is 1. The predicted molar refractivity (Wildman–Crippen MR) is 53.0 cm³/mol. The molecule has 1 heterocycles. The lowest BCUT2D eigenvalue weighted by atomic mass is 10.2. The molecule has 0 radical (unpaired) electrons. The molecule has 6 heteroatoms. The molecule has 1 unspecified atom stereocenters. The first-order valence-corrected chi connectivity index (χ1v) is 4.60. The van der Waals surface area contributed by atoms with Crippen molar-refractivity contribution in [3.63, 3.8) is 0 Å². The number of aliphatic hydroxyl groups excluding tert-OH is 1. The van der Waals surface area contributed by atoms with Crippen LogP contribution in [0.15, 0.2) is 12.4 Å². The second kappa shape index (κ2) is 6.26. The topological polar surface area (TPSA) is 67.3 Å². The number of aromatic nitrogens is 2. The molecule has 1 aromatic rings. The molecular formula is C9H14FN3O2. The summed E-state index contributed by atoms with van der Waals surface area (Å²) in [6.07, 6.45) is 1.65. The van der Waals surface area contributed by atoms with E-state index in [-0.39, 0.29) is 12.6 Å². The normalized spacial score (nSPS) is 12.5. The minimum absolute atomic E-state index is 0.0363. The van der Waals surface area contributed by atoms with Gasteiger partial charge in [0.1, 0.15) is 12.1 Å². The van der Waals surface area contributed by atoms with Crippen LogP contribution in [-0.2, 0) is 4.74 Å². The smallest absolute Gasteiger partial charge is 0.217 e. The first-order chi connectivity index (χ1) is 7.26. The van der Waals surface area contributed by atoms with Gasteiger partial charge in [-0.1, -0.05) is 0 Å². The number of ether oxygens (including phenoxy) is 1. The highest BCUT2D eigenvalue weighted by Gasteiger charge is 2.08. The minimum atomic E-state index is -0.590. The van der Waals surface area contributed by atoms with E-state index in [2.05, 4.69) is 15.3 Å². The maximum atomic E-state index is 12.7. The molecule has 0 aliphatic carbocycles. The fraction of sp³-hybridized carbons (Fsp3) is 0.556. The van der Waals surface area contributed by atoms with Crippen molar-refractivity contribution in [1.82, 2.24) is 9.97 Å². The van der Waals surface area contributed by atoms with Gasteiger partial charge in [-0.3, -0.25) is 0 Å². The Morgan fingerprint density at radius 2 is 2.40 bits per heavy atom. The molecule has 0 aromatic carbocycles. The van der Waals surface area contributed by atoms with Crippen LogP contribution >= 0.6 is 0 Å². The van der Waals surface area contributed by atoms with Gasteiger partial charge < -0.3 is 15.2 Å².